The molecule has 1 aliphatic heterocycles. The van der Waals surface area contributed by atoms with E-state index in [1.54, 1.807) is 60.7 Å². The molecule has 1 aliphatic rings. The number of rotatable bonds is 5. The lowest BCUT2D eigenvalue weighted by atomic mass is 9.69. The van der Waals surface area contributed by atoms with Gasteiger partial charge in [0.1, 0.15) is 23.5 Å². The number of fused-ring (bicyclic) bond motifs is 2. The van der Waals surface area contributed by atoms with Crippen LogP contribution in [0.15, 0.2) is 60.7 Å². The van der Waals surface area contributed by atoms with Crippen molar-refractivity contribution in [2.75, 3.05) is 12.4 Å². The standard InChI is InChI=1S/C20H17ClF3NO2/c21-12-6-5-11-19(18(26)25-13-20(22,23)24)14-7-1-3-9-16(14)27-17-10-4-2-8-15(17)19/h1-10H,11-13H2,(H,25,26)/b6-5-. The first kappa shape index (κ1) is 19.3. The molecular formula is C20H17ClF3NO2. The smallest absolute Gasteiger partial charge is 0.405 e. The van der Waals surface area contributed by atoms with Crippen LogP contribution in [0, 0.1) is 0 Å². The SMILES string of the molecule is O=C(NCC(F)(F)F)C1(C/C=C\CCl)c2ccccc2Oc2ccccc21. The normalized spacial score (nSPS) is 15.0. The fourth-order valence-electron chi connectivity index (χ4n) is 3.29. The first-order valence-electron chi connectivity index (χ1n) is 8.31. The molecule has 27 heavy (non-hydrogen) atoms. The minimum absolute atomic E-state index is 0.154. The second kappa shape index (κ2) is 7.64. The second-order valence-electron chi connectivity index (χ2n) is 6.13. The van der Waals surface area contributed by atoms with Crippen molar-refractivity contribution in [3.8, 4) is 11.5 Å². The quantitative estimate of drug-likeness (QED) is 0.575. The van der Waals surface area contributed by atoms with E-state index in [4.69, 9.17) is 16.3 Å². The van der Waals surface area contributed by atoms with E-state index in [0.717, 1.165) is 0 Å². The number of alkyl halides is 4. The molecule has 0 aromatic heterocycles. The maximum Gasteiger partial charge on any atom is 0.405 e. The summed E-state index contributed by atoms with van der Waals surface area (Å²) in [5.74, 6) is 0.387. The van der Waals surface area contributed by atoms with Gasteiger partial charge < -0.3 is 10.1 Å². The molecule has 0 aliphatic carbocycles. The summed E-state index contributed by atoms with van der Waals surface area (Å²) >= 11 is 5.70. The van der Waals surface area contributed by atoms with Crippen molar-refractivity contribution in [2.45, 2.75) is 18.0 Å². The van der Waals surface area contributed by atoms with E-state index in [-0.39, 0.29) is 12.3 Å². The fraction of sp³-hybridized carbons (Fsp3) is 0.250. The van der Waals surface area contributed by atoms with E-state index < -0.39 is 24.0 Å². The van der Waals surface area contributed by atoms with Crippen LogP contribution in [0.25, 0.3) is 0 Å². The van der Waals surface area contributed by atoms with E-state index in [1.165, 1.54) is 0 Å². The zero-order chi connectivity index (χ0) is 19.5. The van der Waals surface area contributed by atoms with Gasteiger partial charge in [-0.15, -0.1) is 11.6 Å². The molecule has 0 spiro atoms. The number of nitrogens with one attached hydrogen (secondary N) is 1. The van der Waals surface area contributed by atoms with E-state index in [1.807, 2.05) is 0 Å². The molecule has 1 heterocycles. The maximum atomic E-state index is 13.2. The van der Waals surface area contributed by atoms with Gasteiger partial charge in [-0.25, -0.2) is 0 Å². The number of para-hydroxylation sites is 2. The Balaban J connectivity index is 2.16. The number of carbonyl (C=O) groups is 1. The number of halogens is 4. The van der Waals surface area contributed by atoms with E-state index >= 15 is 0 Å². The lowest BCUT2D eigenvalue weighted by Gasteiger charge is -2.38. The summed E-state index contributed by atoms with van der Waals surface area (Å²) in [5, 5.41) is 2.06. The highest BCUT2D eigenvalue weighted by Crippen LogP contribution is 2.50. The molecule has 142 valence electrons. The van der Waals surface area contributed by atoms with Crippen LogP contribution in [-0.2, 0) is 10.2 Å². The van der Waals surface area contributed by atoms with Crippen LogP contribution in [0.1, 0.15) is 17.5 Å². The molecule has 0 radical (unpaired) electrons. The first-order valence-corrected chi connectivity index (χ1v) is 8.85. The van der Waals surface area contributed by atoms with Crippen molar-refractivity contribution in [3.05, 3.63) is 71.8 Å². The van der Waals surface area contributed by atoms with Crippen LogP contribution in [0.4, 0.5) is 13.2 Å². The molecule has 2 aromatic rings. The number of hydrogen-bond acceptors (Lipinski definition) is 2. The molecule has 3 nitrogen and oxygen atoms in total. The summed E-state index contributed by atoms with van der Waals surface area (Å²) in [5.41, 5.74) is -0.315. The molecule has 7 heteroatoms. The third-order valence-electron chi connectivity index (χ3n) is 4.43. The first-order chi connectivity index (χ1) is 12.9. The molecule has 0 fully saturated rings. The number of benzene rings is 2. The Kier molecular flexibility index (Phi) is 5.46. The van der Waals surface area contributed by atoms with Gasteiger partial charge in [0.05, 0.1) is 0 Å². The van der Waals surface area contributed by atoms with Gasteiger partial charge in [0.15, 0.2) is 0 Å². The Bertz CT molecular complexity index is 819. The average molecular weight is 396 g/mol. The lowest BCUT2D eigenvalue weighted by Crippen LogP contribution is -2.49. The van der Waals surface area contributed by atoms with Crippen LogP contribution >= 0.6 is 11.6 Å². The number of amides is 1. The summed E-state index contributed by atoms with van der Waals surface area (Å²) in [6, 6.07) is 13.8. The summed E-state index contributed by atoms with van der Waals surface area (Å²) in [6.07, 6.45) is -0.978. The third kappa shape index (κ3) is 3.81. The van der Waals surface area contributed by atoms with Gasteiger partial charge in [-0.05, 0) is 18.6 Å². The molecule has 0 unspecified atom stereocenters. The van der Waals surface area contributed by atoms with E-state index in [2.05, 4.69) is 5.32 Å². The number of ether oxygens (including phenoxy) is 1. The van der Waals surface area contributed by atoms with Crippen molar-refractivity contribution in [1.82, 2.24) is 5.32 Å². The summed E-state index contributed by atoms with van der Waals surface area (Å²) in [6.45, 7) is -1.40. The number of allylic oxidation sites excluding steroid dienone is 2. The van der Waals surface area contributed by atoms with Crippen molar-refractivity contribution >= 4 is 17.5 Å². The van der Waals surface area contributed by atoms with Gasteiger partial charge in [-0.3, -0.25) is 4.79 Å². The molecule has 0 saturated heterocycles. The van der Waals surface area contributed by atoms with Crippen molar-refractivity contribution in [1.29, 1.82) is 0 Å². The monoisotopic (exact) mass is 395 g/mol. The van der Waals surface area contributed by atoms with Crippen LogP contribution in [0.2, 0.25) is 0 Å². The van der Waals surface area contributed by atoms with Gasteiger partial charge in [0.2, 0.25) is 5.91 Å². The average Bonchev–Trinajstić information content (AvgIpc) is 2.65. The predicted molar refractivity (Wildman–Crippen MR) is 97.3 cm³/mol. The molecule has 2 aromatic carbocycles. The van der Waals surface area contributed by atoms with Crippen LogP contribution in [0.3, 0.4) is 0 Å². The molecule has 0 atom stereocenters. The van der Waals surface area contributed by atoms with Crippen LogP contribution < -0.4 is 10.1 Å². The highest BCUT2D eigenvalue weighted by molar-refractivity contribution is 6.18. The second-order valence-corrected chi connectivity index (χ2v) is 6.44. The van der Waals surface area contributed by atoms with Gasteiger partial charge in [0.25, 0.3) is 0 Å². The molecule has 0 bridgehead atoms. The molecule has 1 N–H and O–H groups in total. The van der Waals surface area contributed by atoms with E-state index in [9.17, 15) is 18.0 Å². The van der Waals surface area contributed by atoms with Gasteiger partial charge >= 0.3 is 6.18 Å². The molecule has 3 rings (SSSR count). The molecule has 0 saturated carbocycles. The maximum absolute atomic E-state index is 13.2. The Labute approximate surface area is 159 Å². The Morgan fingerprint density at radius 3 is 2.11 bits per heavy atom. The van der Waals surface area contributed by atoms with E-state index in [0.29, 0.717) is 22.6 Å². The number of hydrogen-bond donors (Lipinski definition) is 1. The van der Waals surface area contributed by atoms with Crippen molar-refractivity contribution in [3.63, 3.8) is 0 Å². The van der Waals surface area contributed by atoms with Crippen molar-refractivity contribution in [2.24, 2.45) is 0 Å². The van der Waals surface area contributed by atoms with Gasteiger partial charge in [-0.2, -0.15) is 13.2 Å². The Morgan fingerprint density at radius 1 is 1.04 bits per heavy atom. The number of carbonyl (C=O) groups excluding carboxylic acids is 1. The van der Waals surface area contributed by atoms with Gasteiger partial charge in [-0.1, -0.05) is 48.6 Å². The minimum atomic E-state index is -4.51. The topological polar surface area (TPSA) is 38.3 Å². The third-order valence-corrected chi connectivity index (χ3v) is 4.61. The van der Waals surface area contributed by atoms with Crippen molar-refractivity contribution < 1.29 is 22.7 Å². The molecular weight excluding hydrogens is 379 g/mol. The Morgan fingerprint density at radius 2 is 1.59 bits per heavy atom. The zero-order valence-electron chi connectivity index (χ0n) is 14.2. The van der Waals surface area contributed by atoms with Crippen LogP contribution in [-0.4, -0.2) is 24.5 Å². The summed E-state index contributed by atoms with van der Waals surface area (Å²) in [7, 11) is 0. The predicted octanol–water partition coefficient (Wildman–Crippen LogP) is 4.94. The highest BCUT2D eigenvalue weighted by Gasteiger charge is 2.48. The van der Waals surface area contributed by atoms with Crippen LogP contribution in [0.5, 0.6) is 11.5 Å². The summed E-state index contributed by atoms with van der Waals surface area (Å²) in [4.78, 5) is 13.2. The van der Waals surface area contributed by atoms with Gasteiger partial charge in [0, 0.05) is 17.0 Å². The summed E-state index contributed by atoms with van der Waals surface area (Å²) < 4.78 is 44.1. The lowest BCUT2D eigenvalue weighted by molar-refractivity contribution is -0.141. The fourth-order valence-corrected chi connectivity index (χ4v) is 3.42. The minimum Gasteiger partial charge on any atom is -0.457 e. The zero-order valence-corrected chi connectivity index (χ0v) is 15.0. The highest BCUT2D eigenvalue weighted by atomic mass is 35.5. The largest absolute Gasteiger partial charge is 0.457 e. The Hall–Kier alpha value is -2.47. The molecule has 1 amide bonds.